The van der Waals surface area contributed by atoms with Crippen LogP contribution in [0.15, 0.2) is 66.3 Å². The van der Waals surface area contributed by atoms with Gasteiger partial charge in [-0.15, -0.1) is 12.4 Å². The SMILES string of the molecule is CC(C)CC(=O)O/N=C(\Cn1ccnc1)c1ccc2ccccc2c1.Cl. The summed E-state index contributed by atoms with van der Waals surface area (Å²) in [5.41, 5.74) is 1.60. The number of fused-ring (bicyclic) bond motifs is 1. The highest BCUT2D eigenvalue weighted by Gasteiger charge is 2.10. The Labute approximate surface area is 159 Å². The van der Waals surface area contributed by atoms with Crippen LogP contribution in [0.3, 0.4) is 0 Å². The lowest BCUT2D eigenvalue weighted by atomic mass is 10.0. The van der Waals surface area contributed by atoms with Gasteiger partial charge in [0.25, 0.3) is 0 Å². The lowest BCUT2D eigenvalue weighted by molar-refractivity contribution is -0.144. The van der Waals surface area contributed by atoms with Crippen LogP contribution in [0.5, 0.6) is 0 Å². The third-order valence-electron chi connectivity index (χ3n) is 3.81. The molecule has 0 radical (unpaired) electrons. The van der Waals surface area contributed by atoms with Crippen LogP contribution in [0.4, 0.5) is 0 Å². The van der Waals surface area contributed by atoms with Crippen molar-refractivity contribution in [3.05, 3.63) is 66.7 Å². The van der Waals surface area contributed by atoms with Crippen LogP contribution in [0.1, 0.15) is 25.8 Å². The summed E-state index contributed by atoms with van der Waals surface area (Å²) in [5, 5.41) is 6.42. The van der Waals surface area contributed by atoms with Gasteiger partial charge in [0.15, 0.2) is 0 Å². The number of oxime groups is 1. The average Bonchev–Trinajstić information content (AvgIpc) is 3.10. The van der Waals surface area contributed by atoms with E-state index >= 15 is 0 Å². The molecule has 0 spiro atoms. The maximum Gasteiger partial charge on any atom is 0.335 e. The van der Waals surface area contributed by atoms with Gasteiger partial charge in [0.05, 0.1) is 19.3 Å². The van der Waals surface area contributed by atoms with Gasteiger partial charge in [0.1, 0.15) is 5.71 Å². The second-order valence-corrected chi connectivity index (χ2v) is 6.40. The zero-order valence-corrected chi connectivity index (χ0v) is 15.6. The van der Waals surface area contributed by atoms with Crippen molar-refractivity contribution in [1.82, 2.24) is 9.55 Å². The smallest absolute Gasteiger partial charge is 0.331 e. The Bertz CT molecular complexity index is 889. The van der Waals surface area contributed by atoms with Crippen LogP contribution in [-0.2, 0) is 16.2 Å². The van der Waals surface area contributed by atoms with Crippen molar-refractivity contribution in [2.24, 2.45) is 11.1 Å². The number of hydrogen-bond donors (Lipinski definition) is 0. The highest BCUT2D eigenvalue weighted by Crippen LogP contribution is 2.17. The fraction of sp³-hybridized carbons (Fsp3) is 0.250. The summed E-state index contributed by atoms with van der Waals surface area (Å²) in [6.07, 6.45) is 5.63. The number of halogens is 1. The standard InChI is InChI=1S/C20H21N3O2.ClH/c1-15(2)11-20(24)25-22-19(13-23-10-9-21-14-23)18-8-7-16-5-3-4-6-17(16)12-18;/h3-10,12,14-15H,11,13H2,1-2H3;1H/b22-19+;. The molecule has 3 aromatic rings. The fourth-order valence-electron chi connectivity index (χ4n) is 2.57. The first-order chi connectivity index (χ1) is 12.1. The number of nitrogens with zero attached hydrogens (tertiary/aromatic N) is 3. The summed E-state index contributed by atoms with van der Waals surface area (Å²) in [4.78, 5) is 21.1. The van der Waals surface area contributed by atoms with Gasteiger partial charge < -0.3 is 9.40 Å². The summed E-state index contributed by atoms with van der Waals surface area (Å²) < 4.78 is 1.89. The van der Waals surface area contributed by atoms with Crippen LogP contribution in [0, 0.1) is 5.92 Å². The molecule has 0 atom stereocenters. The van der Waals surface area contributed by atoms with Crippen molar-refractivity contribution in [2.45, 2.75) is 26.8 Å². The molecule has 26 heavy (non-hydrogen) atoms. The maximum absolute atomic E-state index is 11.9. The van der Waals surface area contributed by atoms with Gasteiger partial charge in [-0.3, -0.25) is 0 Å². The molecular weight excluding hydrogens is 350 g/mol. The average molecular weight is 372 g/mol. The molecule has 2 aromatic carbocycles. The molecule has 5 nitrogen and oxygen atoms in total. The number of hydrogen-bond acceptors (Lipinski definition) is 4. The molecule has 0 unspecified atom stereocenters. The van der Waals surface area contributed by atoms with Crippen molar-refractivity contribution < 1.29 is 9.63 Å². The van der Waals surface area contributed by atoms with E-state index in [2.05, 4.69) is 28.3 Å². The third kappa shape index (κ3) is 5.17. The maximum atomic E-state index is 11.9. The van der Waals surface area contributed by atoms with Crippen LogP contribution < -0.4 is 0 Å². The molecule has 1 heterocycles. The number of benzene rings is 2. The Balaban J connectivity index is 0.00000243. The van der Waals surface area contributed by atoms with Crippen LogP contribution in [0.2, 0.25) is 0 Å². The Morgan fingerprint density at radius 2 is 1.96 bits per heavy atom. The zero-order chi connectivity index (χ0) is 17.6. The van der Waals surface area contributed by atoms with E-state index in [0.29, 0.717) is 18.7 Å². The molecule has 0 saturated carbocycles. The molecule has 0 aliphatic carbocycles. The van der Waals surface area contributed by atoms with Crippen molar-refractivity contribution in [2.75, 3.05) is 0 Å². The largest absolute Gasteiger partial charge is 0.335 e. The van der Waals surface area contributed by atoms with Gasteiger partial charge in [0, 0.05) is 18.0 Å². The summed E-state index contributed by atoms with van der Waals surface area (Å²) in [6.45, 7) is 4.43. The molecular formula is C20H22ClN3O2. The summed E-state index contributed by atoms with van der Waals surface area (Å²) in [5.74, 6) is -0.0839. The number of carbonyl (C=O) groups is 1. The van der Waals surface area contributed by atoms with E-state index in [1.807, 2.05) is 48.9 Å². The zero-order valence-electron chi connectivity index (χ0n) is 14.8. The molecule has 0 amide bonds. The molecule has 0 fully saturated rings. The second kappa shape index (κ2) is 9.15. The number of carbonyl (C=O) groups excluding carboxylic acids is 1. The molecule has 0 aliphatic rings. The van der Waals surface area contributed by atoms with Crippen molar-refractivity contribution in [3.63, 3.8) is 0 Å². The summed E-state index contributed by atoms with van der Waals surface area (Å²) >= 11 is 0. The number of rotatable bonds is 6. The molecule has 3 rings (SSSR count). The minimum Gasteiger partial charge on any atom is -0.331 e. The minimum atomic E-state index is -0.320. The van der Waals surface area contributed by atoms with Gasteiger partial charge in [-0.1, -0.05) is 55.4 Å². The van der Waals surface area contributed by atoms with E-state index in [-0.39, 0.29) is 24.3 Å². The first kappa shape index (κ1) is 19.7. The Morgan fingerprint density at radius 3 is 2.65 bits per heavy atom. The van der Waals surface area contributed by atoms with Gasteiger partial charge in [-0.05, 0) is 22.8 Å². The molecule has 0 bridgehead atoms. The first-order valence-electron chi connectivity index (χ1n) is 8.33. The van der Waals surface area contributed by atoms with Crippen molar-refractivity contribution >= 4 is 34.9 Å². The molecule has 136 valence electrons. The van der Waals surface area contributed by atoms with Crippen LogP contribution in [-0.4, -0.2) is 21.2 Å². The van der Waals surface area contributed by atoms with Crippen LogP contribution >= 0.6 is 12.4 Å². The molecule has 1 aromatic heterocycles. The van der Waals surface area contributed by atoms with E-state index < -0.39 is 0 Å². The topological polar surface area (TPSA) is 56.5 Å². The lowest BCUT2D eigenvalue weighted by Crippen LogP contribution is -2.13. The van der Waals surface area contributed by atoms with Gasteiger partial charge in [0.2, 0.25) is 0 Å². The second-order valence-electron chi connectivity index (χ2n) is 6.40. The molecule has 0 N–H and O–H groups in total. The minimum absolute atomic E-state index is 0. The third-order valence-corrected chi connectivity index (χ3v) is 3.81. The van der Waals surface area contributed by atoms with E-state index in [9.17, 15) is 4.79 Å². The van der Waals surface area contributed by atoms with Crippen molar-refractivity contribution in [1.29, 1.82) is 0 Å². The van der Waals surface area contributed by atoms with Gasteiger partial charge in [-0.2, -0.15) is 0 Å². The summed E-state index contributed by atoms with van der Waals surface area (Å²) in [6, 6.07) is 14.2. The predicted octanol–water partition coefficient (Wildman–Crippen LogP) is 4.45. The fourth-order valence-corrected chi connectivity index (χ4v) is 2.57. The Morgan fingerprint density at radius 1 is 1.19 bits per heavy atom. The molecule has 0 saturated heterocycles. The highest BCUT2D eigenvalue weighted by molar-refractivity contribution is 6.03. The first-order valence-corrected chi connectivity index (χ1v) is 8.33. The van der Waals surface area contributed by atoms with E-state index in [0.717, 1.165) is 16.3 Å². The van der Waals surface area contributed by atoms with Crippen LogP contribution in [0.25, 0.3) is 10.8 Å². The van der Waals surface area contributed by atoms with E-state index in [1.165, 1.54) is 0 Å². The van der Waals surface area contributed by atoms with E-state index in [1.54, 1.807) is 12.5 Å². The monoisotopic (exact) mass is 371 g/mol. The van der Waals surface area contributed by atoms with Crippen molar-refractivity contribution in [3.8, 4) is 0 Å². The lowest BCUT2D eigenvalue weighted by Gasteiger charge is -2.09. The Kier molecular flexibility index (Phi) is 6.92. The van der Waals surface area contributed by atoms with Gasteiger partial charge >= 0.3 is 5.97 Å². The predicted molar refractivity (Wildman–Crippen MR) is 106 cm³/mol. The normalized spacial score (nSPS) is 11.4. The number of imidazole rings is 1. The van der Waals surface area contributed by atoms with Gasteiger partial charge in [-0.25, -0.2) is 9.78 Å². The van der Waals surface area contributed by atoms with E-state index in [4.69, 9.17) is 4.84 Å². The molecule has 0 aliphatic heterocycles. The summed E-state index contributed by atoms with van der Waals surface area (Å²) in [7, 11) is 0. The number of aromatic nitrogens is 2. The Hall–Kier alpha value is -2.66. The highest BCUT2D eigenvalue weighted by atomic mass is 35.5. The quantitative estimate of drug-likeness (QED) is 0.365. The molecule has 6 heteroatoms.